The van der Waals surface area contributed by atoms with Crippen LogP contribution in [-0.4, -0.2) is 29.6 Å². The second-order valence-electron chi connectivity index (χ2n) is 11.8. The monoisotopic (exact) mass is 444 g/mol. The van der Waals surface area contributed by atoms with E-state index in [1.807, 2.05) is 13.0 Å². The Morgan fingerprint density at radius 2 is 1.94 bits per heavy atom. The molecule has 0 aromatic heterocycles. The topological polar surface area (TPSA) is 63.6 Å². The molecule has 0 amide bonds. The molecule has 0 heterocycles. The highest BCUT2D eigenvalue weighted by Gasteiger charge is 2.63. The van der Waals surface area contributed by atoms with E-state index in [2.05, 4.69) is 27.7 Å². The summed E-state index contributed by atoms with van der Waals surface area (Å²) < 4.78 is 5.16. The number of hydrogen-bond donors (Lipinski definition) is 1. The number of ether oxygens (including phenoxy) is 1. The zero-order chi connectivity index (χ0) is 23.3. The van der Waals surface area contributed by atoms with Crippen LogP contribution in [-0.2, 0) is 14.3 Å². The van der Waals surface area contributed by atoms with Crippen LogP contribution < -0.4 is 0 Å². The third-order valence-electron chi connectivity index (χ3n) is 10.5. The van der Waals surface area contributed by atoms with Crippen LogP contribution >= 0.6 is 0 Å². The van der Waals surface area contributed by atoms with Crippen molar-refractivity contribution in [1.29, 1.82) is 0 Å². The maximum absolute atomic E-state index is 12.3. The Labute approximate surface area is 194 Å². The average Bonchev–Trinajstić information content (AvgIpc) is 3.11. The smallest absolute Gasteiger partial charge is 0.305 e. The Hall–Kier alpha value is -1.16. The number of carbonyl (C=O) groups excluding carboxylic acids is 2. The first-order valence-corrected chi connectivity index (χ1v) is 13.3. The molecule has 4 heteroatoms. The third kappa shape index (κ3) is 3.69. The summed E-state index contributed by atoms with van der Waals surface area (Å²) in [6, 6.07) is 0. The Bertz CT molecular complexity index is 771. The van der Waals surface area contributed by atoms with Crippen molar-refractivity contribution in [1.82, 2.24) is 0 Å². The van der Waals surface area contributed by atoms with E-state index in [1.165, 1.54) is 24.8 Å². The molecule has 1 N–H and O–H groups in total. The Balaban J connectivity index is 1.58. The fourth-order valence-electron chi connectivity index (χ4n) is 8.95. The summed E-state index contributed by atoms with van der Waals surface area (Å²) >= 11 is 0. The van der Waals surface area contributed by atoms with Gasteiger partial charge in [-0.15, -0.1) is 0 Å². The van der Waals surface area contributed by atoms with Gasteiger partial charge < -0.3 is 9.84 Å². The van der Waals surface area contributed by atoms with Crippen molar-refractivity contribution in [3.63, 3.8) is 0 Å². The van der Waals surface area contributed by atoms with Crippen molar-refractivity contribution in [2.75, 3.05) is 6.61 Å². The standard InChI is InChI=1S/C28H44O4/c1-6-19-23-16-18(29)12-14-28(23,5)22-13-15-27(4)20(9-10-21(27)25(22)26(19)31)17(3)8-11-24(30)32-7-2/h16-17,19-22,25-26,31H,6-15H2,1-5H3/t17?,19-,20+,21-,22-,25-,26+,27+,28+/m0/s1. The summed E-state index contributed by atoms with van der Waals surface area (Å²) in [4.78, 5) is 24.2. The SMILES string of the molecule is CCOC(=O)CCC(C)[C@H]1CC[C@H]2[C@@H]3[C@H](O)[C@@H](CC)C4=CC(=O)CC[C@]4(C)[C@H]3CC[C@]12C. The van der Waals surface area contributed by atoms with Gasteiger partial charge in [-0.1, -0.05) is 33.3 Å². The van der Waals surface area contributed by atoms with Crippen LogP contribution in [0.4, 0.5) is 0 Å². The second kappa shape index (κ2) is 8.89. The van der Waals surface area contributed by atoms with Crippen molar-refractivity contribution in [3.8, 4) is 0 Å². The van der Waals surface area contributed by atoms with Gasteiger partial charge in [-0.25, -0.2) is 0 Å². The number of aliphatic hydroxyl groups is 1. The van der Waals surface area contributed by atoms with Crippen molar-refractivity contribution >= 4 is 11.8 Å². The summed E-state index contributed by atoms with van der Waals surface area (Å²) in [5, 5.41) is 11.7. The lowest BCUT2D eigenvalue weighted by Crippen LogP contribution is -2.58. The maximum atomic E-state index is 12.3. The minimum absolute atomic E-state index is 0.0629. The molecule has 4 aliphatic carbocycles. The second-order valence-corrected chi connectivity index (χ2v) is 11.8. The molecule has 3 saturated carbocycles. The summed E-state index contributed by atoms with van der Waals surface area (Å²) in [6.07, 6.45) is 10.2. The van der Waals surface area contributed by atoms with E-state index in [4.69, 9.17) is 4.74 Å². The fourth-order valence-corrected chi connectivity index (χ4v) is 8.95. The zero-order valence-corrected chi connectivity index (χ0v) is 20.9. The first kappa shape index (κ1) is 24.0. The first-order chi connectivity index (χ1) is 15.2. The molecule has 0 aromatic rings. The van der Waals surface area contributed by atoms with Gasteiger partial charge in [0, 0.05) is 18.8 Å². The van der Waals surface area contributed by atoms with Gasteiger partial charge in [-0.05, 0) is 98.4 Å². The van der Waals surface area contributed by atoms with E-state index >= 15 is 0 Å². The minimum atomic E-state index is -0.339. The number of ketones is 1. The maximum Gasteiger partial charge on any atom is 0.305 e. The van der Waals surface area contributed by atoms with Crippen molar-refractivity contribution in [2.45, 2.75) is 98.5 Å². The van der Waals surface area contributed by atoms with E-state index in [0.717, 1.165) is 25.7 Å². The summed E-state index contributed by atoms with van der Waals surface area (Å²) in [5.41, 5.74) is 1.55. The van der Waals surface area contributed by atoms with E-state index in [1.54, 1.807) is 0 Å². The van der Waals surface area contributed by atoms with Crippen molar-refractivity contribution < 1.29 is 19.4 Å². The Morgan fingerprint density at radius 3 is 2.62 bits per heavy atom. The molecule has 32 heavy (non-hydrogen) atoms. The quantitative estimate of drug-likeness (QED) is 0.532. The van der Waals surface area contributed by atoms with Crippen LogP contribution in [0.1, 0.15) is 92.4 Å². The van der Waals surface area contributed by atoms with Gasteiger partial charge in [0.2, 0.25) is 0 Å². The number of rotatable bonds is 6. The Morgan fingerprint density at radius 1 is 1.19 bits per heavy atom. The van der Waals surface area contributed by atoms with Crippen LogP contribution in [0.25, 0.3) is 0 Å². The predicted molar refractivity (Wildman–Crippen MR) is 126 cm³/mol. The molecule has 3 fully saturated rings. The van der Waals surface area contributed by atoms with E-state index in [-0.39, 0.29) is 34.6 Å². The van der Waals surface area contributed by atoms with Gasteiger partial charge in [0.05, 0.1) is 12.7 Å². The lowest BCUT2D eigenvalue weighted by molar-refractivity contribution is -0.144. The first-order valence-electron chi connectivity index (χ1n) is 13.3. The van der Waals surface area contributed by atoms with Crippen LogP contribution in [0.3, 0.4) is 0 Å². The molecule has 9 atom stereocenters. The molecule has 0 aromatic carbocycles. The van der Waals surface area contributed by atoms with Crippen molar-refractivity contribution in [3.05, 3.63) is 11.6 Å². The van der Waals surface area contributed by atoms with Crippen LogP contribution in [0.5, 0.6) is 0 Å². The molecule has 0 aliphatic heterocycles. The summed E-state index contributed by atoms with van der Waals surface area (Å²) in [7, 11) is 0. The molecular weight excluding hydrogens is 400 g/mol. The van der Waals surface area contributed by atoms with Crippen LogP contribution in [0.15, 0.2) is 11.6 Å². The summed E-state index contributed by atoms with van der Waals surface area (Å²) in [6.45, 7) is 11.7. The van der Waals surface area contributed by atoms with Crippen molar-refractivity contribution in [2.24, 2.45) is 46.3 Å². The highest BCUT2D eigenvalue weighted by atomic mass is 16.5. The third-order valence-corrected chi connectivity index (χ3v) is 10.5. The normalized spacial score (nSPS) is 44.2. The van der Waals surface area contributed by atoms with Gasteiger partial charge in [0.1, 0.15) is 0 Å². The molecule has 180 valence electrons. The molecule has 0 spiro atoms. The van der Waals surface area contributed by atoms with E-state index in [0.29, 0.717) is 49.0 Å². The molecular formula is C28H44O4. The average molecular weight is 445 g/mol. The molecule has 1 unspecified atom stereocenters. The molecule has 0 saturated heterocycles. The number of esters is 1. The van der Waals surface area contributed by atoms with Gasteiger partial charge in [-0.2, -0.15) is 0 Å². The lowest BCUT2D eigenvalue weighted by Gasteiger charge is -2.62. The lowest BCUT2D eigenvalue weighted by atomic mass is 9.43. The van der Waals surface area contributed by atoms with Gasteiger partial charge in [0.25, 0.3) is 0 Å². The summed E-state index contributed by atoms with van der Waals surface area (Å²) in [5.74, 6) is 2.74. The minimum Gasteiger partial charge on any atom is -0.466 e. The molecule has 0 bridgehead atoms. The van der Waals surface area contributed by atoms with Crippen LogP contribution in [0, 0.1) is 46.3 Å². The molecule has 4 nitrogen and oxygen atoms in total. The zero-order valence-electron chi connectivity index (χ0n) is 20.9. The highest BCUT2D eigenvalue weighted by Crippen LogP contribution is 2.68. The van der Waals surface area contributed by atoms with E-state index in [9.17, 15) is 14.7 Å². The number of hydrogen-bond acceptors (Lipinski definition) is 4. The van der Waals surface area contributed by atoms with E-state index < -0.39 is 0 Å². The Kier molecular flexibility index (Phi) is 6.66. The number of aliphatic hydroxyl groups excluding tert-OH is 1. The molecule has 4 rings (SSSR count). The van der Waals surface area contributed by atoms with Crippen LogP contribution in [0.2, 0.25) is 0 Å². The largest absolute Gasteiger partial charge is 0.466 e. The molecule has 0 radical (unpaired) electrons. The van der Waals surface area contributed by atoms with Gasteiger partial charge in [0.15, 0.2) is 5.78 Å². The van der Waals surface area contributed by atoms with Gasteiger partial charge in [-0.3, -0.25) is 9.59 Å². The van der Waals surface area contributed by atoms with Gasteiger partial charge >= 0.3 is 5.97 Å². The highest BCUT2D eigenvalue weighted by molar-refractivity contribution is 5.91. The predicted octanol–water partition coefficient (Wildman–Crippen LogP) is 5.72. The number of fused-ring (bicyclic) bond motifs is 5. The molecule has 4 aliphatic rings. The fraction of sp³-hybridized carbons (Fsp3) is 0.857. The number of carbonyl (C=O) groups is 2.